The molecule has 0 bridgehead atoms. The van der Waals surface area contributed by atoms with Crippen LogP contribution in [0.4, 0.5) is 0 Å². The van der Waals surface area contributed by atoms with Crippen LogP contribution in [0.1, 0.15) is 24.5 Å². The van der Waals surface area contributed by atoms with Crippen molar-refractivity contribution in [3.05, 3.63) is 34.9 Å². The lowest BCUT2D eigenvalue weighted by Crippen LogP contribution is -2.42. The Morgan fingerprint density at radius 3 is 2.65 bits per heavy atom. The number of carbonyl (C=O) groups excluding carboxylic acids is 2. The Labute approximate surface area is 122 Å². The minimum absolute atomic E-state index is 0.0638. The molecule has 20 heavy (non-hydrogen) atoms. The van der Waals surface area contributed by atoms with E-state index in [4.69, 9.17) is 22.1 Å². The molecule has 1 aromatic rings. The fraction of sp³-hybridized carbons (Fsp3) is 0.429. The van der Waals surface area contributed by atoms with E-state index in [1.807, 2.05) is 12.1 Å². The summed E-state index contributed by atoms with van der Waals surface area (Å²) in [6.07, 6.45) is 0.0864. The normalized spacial score (nSPS) is 18.9. The van der Waals surface area contributed by atoms with E-state index in [0.717, 1.165) is 5.56 Å². The lowest BCUT2D eigenvalue weighted by atomic mass is 10.1. The molecule has 1 saturated heterocycles. The average molecular weight is 297 g/mol. The molecular formula is C14H17ClN2O3. The molecule has 0 aromatic heterocycles. The van der Waals surface area contributed by atoms with Crippen LogP contribution in [0.5, 0.6) is 0 Å². The number of primary amides is 1. The lowest BCUT2D eigenvalue weighted by Gasteiger charge is -2.33. The van der Waals surface area contributed by atoms with Gasteiger partial charge in [0.2, 0.25) is 11.8 Å². The Kier molecular flexibility index (Phi) is 4.98. The van der Waals surface area contributed by atoms with Crippen LogP contribution in [0.3, 0.4) is 0 Å². The minimum atomic E-state index is -0.458. The molecule has 1 aliphatic heterocycles. The molecular weight excluding hydrogens is 280 g/mol. The highest BCUT2D eigenvalue weighted by molar-refractivity contribution is 6.30. The van der Waals surface area contributed by atoms with E-state index in [1.54, 1.807) is 17.0 Å². The molecule has 1 fully saturated rings. The molecule has 1 heterocycles. The summed E-state index contributed by atoms with van der Waals surface area (Å²) in [5, 5.41) is 0.666. The standard InChI is InChI=1S/C14H17ClN2O3/c15-11-3-1-10(2-4-11)12-9-17(7-8-20-12)14(19)6-5-13(16)18/h1-4,12H,5-9H2,(H2,16,18). The van der Waals surface area contributed by atoms with E-state index in [1.165, 1.54) is 0 Å². The third-order valence-electron chi connectivity index (χ3n) is 3.25. The van der Waals surface area contributed by atoms with Crippen molar-refractivity contribution in [2.24, 2.45) is 5.73 Å². The van der Waals surface area contributed by atoms with Gasteiger partial charge in [-0.1, -0.05) is 23.7 Å². The molecule has 5 nitrogen and oxygen atoms in total. The molecule has 108 valence electrons. The van der Waals surface area contributed by atoms with Crippen LogP contribution in [0, 0.1) is 0 Å². The Balaban J connectivity index is 1.96. The van der Waals surface area contributed by atoms with Crippen LogP contribution in [-0.4, -0.2) is 36.4 Å². The largest absolute Gasteiger partial charge is 0.370 e. The van der Waals surface area contributed by atoms with Crippen LogP contribution < -0.4 is 5.73 Å². The van der Waals surface area contributed by atoms with Crippen LogP contribution in [-0.2, 0) is 14.3 Å². The highest BCUT2D eigenvalue weighted by Gasteiger charge is 2.25. The van der Waals surface area contributed by atoms with Gasteiger partial charge in [0.1, 0.15) is 6.10 Å². The molecule has 2 rings (SSSR count). The molecule has 1 atom stereocenters. The predicted molar refractivity (Wildman–Crippen MR) is 75.2 cm³/mol. The van der Waals surface area contributed by atoms with Crippen molar-refractivity contribution < 1.29 is 14.3 Å². The van der Waals surface area contributed by atoms with Crippen molar-refractivity contribution in [1.29, 1.82) is 0 Å². The number of halogens is 1. The quantitative estimate of drug-likeness (QED) is 0.915. The zero-order valence-corrected chi connectivity index (χ0v) is 11.8. The molecule has 0 saturated carbocycles. The van der Waals surface area contributed by atoms with Gasteiger partial charge in [-0.2, -0.15) is 0 Å². The maximum Gasteiger partial charge on any atom is 0.223 e. The number of nitrogens with zero attached hydrogens (tertiary/aromatic N) is 1. The monoisotopic (exact) mass is 296 g/mol. The topological polar surface area (TPSA) is 72.6 Å². The van der Waals surface area contributed by atoms with Gasteiger partial charge in [-0.05, 0) is 17.7 Å². The zero-order valence-electron chi connectivity index (χ0n) is 11.0. The summed E-state index contributed by atoms with van der Waals surface area (Å²) in [4.78, 5) is 24.4. The Morgan fingerprint density at radius 1 is 1.30 bits per heavy atom. The van der Waals surface area contributed by atoms with Gasteiger partial charge in [0.05, 0.1) is 13.2 Å². The van der Waals surface area contributed by atoms with Crippen LogP contribution in [0.25, 0.3) is 0 Å². The molecule has 1 aromatic carbocycles. The number of rotatable bonds is 4. The van der Waals surface area contributed by atoms with Crippen molar-refractivity contribution in [3.8, 4) is 0 Å². The third-order valence-corrected chi connectivity index (χ3v) is 3.50. The number of amides is 2. The number of benzene rings is 1. The van der Waals surface area contributed by atoms with Gasteiger partial charge >= 0.3 is 0 Å². The number of hydrogen-bond acceptors (Lipinski definition) is 3. The zero-order chi connectivity index (χ0) is 14.5. The van der Waals surface area contributed by atoms with Crippen LogP contribution in [0.2, 0.25) is 5.02 Å². The summed E-state index contributed by atoms with van der Waals surface area (Å²) in [5.41, 5.74) is 6.04. The molecule has 6 heteroatoms. The highest BCUT2D eigenvalue weighted by Crippen LogP contribution is 2.24. The summed E-state index contributed by atoms with van der Waals surface area (Å²) in [6, 6.07) is 7.39. The number of ether oxygens (including phenoxy) is 1. The van der Waals surface area contributed by atoms with Gasteiger partial charge in [-0.3, -0.25) is 9.59 Å². The highest BCUT2D eigenvalue weighted by atomic mass is 35.5. The maximum absolute atomic E-state index is 12.0. The molecule has 2 N–H and O–H groups in total. The second kappa shape index (κ2) is 6.72. The summed E-state index contributed by atoms with van der Waals surface area (Å²) < 4.78 is 5.68. The maximum atomic E-state index is 12.0. The SMILES string of the molecule is NC(=O)CCC(=O)N1CCOC(c2ccc(Cl)cc2)C1. The van der Waals surface area contributed by atoms with E-state index in [9.17, 15) is 9.59 Å². The fourth-order valence-electron chi connectivity index (χ4n) is 2.14. The van der Waals surface area contributed by atoms with Crippen molar-refractivity contribution in [1.82, 2.24) is 4.90 Å². The molecule has 0 aliphatic carbocycles. The third kappa shape index (κ3) is 3.95. The second-order valence-electron chi connectivity index (χ2n) is 4.72. The van der Waals surface area contributed by atoms with Crippen LogP contribution in [0.15, 0.2) is 24.3 Å². The minimum Gasteiger partial charge on any atom is -0.370 e. The van der Waals surface area contributed by atoms with Gasteiger partial charge in [0.15, 0.2) is 0 Å². The van der Waals surface area contributed by atoms with Crippen molar-refractivity contribution >= 4 is 23.4 Å². The van der Waals surface area contributed by atoms with Crippen molar-refractivity contribution in [2.45, 2.75) is 18.9 Å². The van der Waals surface area contributed by atoms with Crippen LogP contribution >= 0.6 is 11.6 Å². The molecule has 1 unspecified atom stereocenters. The summed E-state index contributed by atoms with van der Waals surface area (Å²) in [7, 11) is 0. The molecule has 0 spiro atoms. The first kappa shape index (κ1) is 14.8. The van der Waals surface area contributed by atoms with E-state index in [2.05, 4.69) is 0 Å². The van der Waals surface area contributed by atoms with Crippen molar-refractivity contribution in [3.63, 3.8) is 0 Å². The Bertz CT molecular complexity index is 490. The molecule has 1 aliphatic rings. The van der Waals surface area contributed by atoms with E-state index in [-0.39, 0.29) is 24.9 Å². The number of carbonyl (C=O) groups is 2. The molecule has 2 amide bonds. The van der Waals surface area contributed by atoms with Gasteiger partial charge in [-0.15, -0.1) is 0 Å². The van der Waals surface area contributed by atoms with Gasteiger partial charge < -0.3 is 15.4 Å². The van der Waals surface area contributed by atoms with Crippen molar-refractivity contribution in [2.75, 3.05) is 19.7 Å². The van der Waals surface area contributed by atoms with Gasteiger partial charge in [-0.25, -0.2) is 0 Å². The van der Waals surface area contributed by atoms with Gasteiger partial charge in [0.25, 0.3) is 0 Å². The predicted octanol–water partition coefficient (Wildman–Crippen LogP) is 1.51. The molecule has 0 radical (unpaired) electrons. The smallest absolute Gasteiger partial charge is 0.223 e. The first-order chi connectivity index (χ1) is 9.56. The summed E-state index contributed by atoms with van der Waals surface area (Å²) >= 11 is 5.85. The summed E-state index contributed by atoms with van der Waals surface area (Å²) in [6.45, 7) is 1.51. The number of hydrogen-bond donors (Lipinski definition) is 1. The van der Waals surface area contributed by atoms with E-state index >= 15 is 0 Å². The Morgan fingerprint density at radius 2 is 2.00 bits per heavy atom. The van der Waals surface area contributed by atoms with E-state index < -0.39 is 5.91 Å². The summed E-state index contributed by atoms with van der Waals surface area (Å²) in [5.74, 6) is -0.521. The first-order valence-electron chi connectivity index (χ1n) is 6.49. The van der Waals surface area contributed by atoms with E-state index in [0.29, 0.717) is 24.7 Å². The second-order valence-corrected chi connectivity index (χ2v) is 5.15. The Hall–Kier alpha value is -1.59. The number of morpholine rings is 1. The van der Waals surface area contributed by atoms with Gasteiger partial charge in [0, 0.05) is 24.4 Å². The number of nitrogens with two attached hydrogens (primary N) is 1. The fourth-order valence-corrected chi connectivity index (χ4v) is 2.27. The lowest BCUT2D eigenvalue weighted by molar-refractivity contribution is -0.140. The first-order valence-corrected chi connectivity index (χ1v) is 6.87. The average Bonchev–Trinajstić information content (AvgIpc) is 2.45.